The number of nitrogens with one attached hydrogen (secondary N) is 1. The molecule has 1 atom stereocenters. The van der Waals surface area contributed by atoms with E-state index in [1.54, 1.807) is 0 Å². The molecule has 0 heterocycles. The van der Waals surface area contributed by atoms with Crippen LogP contribution in [-0.4, -0.2) is 30.6 Å². The van der Waals surface area contributed by atoms with Crippen molar-refractivity contribution in [2.75, 3.05) is 13.2 Å². The van der Waals surface area contributed by atoms with E-state index < -0.39 is 6.09 Å². The third-order valence-electron chi connectivity index (χ3n) is 3.20. The lowest BCUT2D eigenvalue weighted by atomic mass is 9.87. The van der Waals surface area contributed by atoms with Crippen LogP contribution in [0.1, 0.15) is 47.5 Å². The van der Waals surface area contributed by atoms with Gasteiger partial charge < -0.3 is 10.1 Å². The molecule has 0 saturated heterocycles. The van der Waals surface area contributed by atoms with Gasteiger partial charge in [-0.15, -0.1) is 6.58 Å². The van der Waals surface area contributed by atoms with E-state index in [2.05, 4.69) is 16.8 Å². The fraction of sp³-hybridized carbons (Fsp3) is 0.800. The van der Waals surface area contributed by atoms with E-state index in [0.717, 1.165) is 12.8 Å². The molecule has 1 unspecified atom stereocenters. The number of hydrogen-bond acceptors (Lipinski definition) is 4. The number of carbonyl (C=O) groups is 1. The molecule has 0 aromatic rings. The van der Waals surface area contributed by atoms with Crippen LogP contribution in [0.25, 0.3) is 0 Å². The summed E-state index contributed by atoms with van der Waals surface area (Å²) in [5, 5.41) is 11.3. The highest BCUT2D eigenvalue weighted by molar-refractivity contribution is 5.67. The molecule has 0 aromatic heterocycles. The van der Waals surface area contributed by atoms with Gasteiger partial charge in [-0.1, -0.05) is 40.7 Å². The minimum absolute atomic E-state index is 0.0262. The Morgan fingerprint density at radius 2 is 1.95 bits per heavy atom. The van der Waals surface area contributed by atoms with Gasteiger partial charge in [-0.3, -0.25) is 5.26 Å². The summed E-state index contributed by atoms with van der Waals surface area (Å²) in [6, 6.07) is -0.323. The molecule has 5 nitrogen and oxygen atoms in total. The first-order valence-electron chi connectivity index (χ1n) is 6.93. The summed E-state index contributed by atoms with van der Waals surface area (Å²) in [4.78, 5) is 16.0. The lowest BCUT2D eigenvalue weighted by Crippen LogP contribution is -2.47. The zero-order valence-corrected chi connectivity index (χ0v) is 13.4. The molecule has 0 saturated carbocycles. The maximum atomic E-state index is 11.8. The van der Waals surface area contributed by atoms with E-state index in [9.17, 15) is 4.79 Å². The van der Waals surface area contributed by atoms with Crippen LogP contribution in [0.5, 0.6) is 0 Å². The smallest absolute Gasteiger partial charge is 0.407 e. The van der Waals surface area contributed by atoms with Crippen LogP contribution in [-0.2, 0) is 9.62 Å². The van der Waals surface area contributed by atoms with Gasteiger partial charge in [0.2, 0.25) is 0 Å². The SMILES string of the molecule is C=CCCC(C)(C)COC(=O)NC(COO)C(C)(C)C. The minimum Gasteiger partial charge on any atom is -0.449 e. The molecule has 0 aliphatic heterocycles. The number of hydrogen-bond donors (Lipinski definition) is 2. The predicted octanol–water partition coefficient (Wildman–Crippen LogP) is 3.61. The lowest BCUT2D eigenvalue weighted by molar-refractivity contribution is -0.250. The van der Waals surface area contributed by atoms with Gasteiger partial charge in [0.25, 0.3) is 0 Å². The molecule has 118 valence electrons. The standard InChI is InChI=1S/C15H29NO4/c1-7-8-9-15(5,6)11-19-13(17)16-12(10-20-18)14(2,3)4/h7,12,18H,1,8-11H2,2-6H3,(H,16,17). The Balaban J connectivity index is 4.30. The second-order valence-corrected chi connectivity index (χ2v) is 6.93. The highest BCUT2D eigenvalue weighted by Gasteiger charge is 2.28. The summed E-state index contributed by atoms with van der Waals surface area (Å²) >= 11 is 0. The van der Waals surface area contributed by atoms with Crippen LogP contribution >= 0.6 is 0 Å². The Morgan fingerprint density at radius 3 is 2.40 bits per heavy atom. The van der Waals surface area contributed by atoms with E-state index in [4.69, 9.17) is 9.99 Å². The van der Waals surface area contributed by atoms with Crippen LogP contribution in [0, 0.1) is 10.8 Å². The van der Waals surface area contributed by atoms with Crippen molar-refractivity contribution < 1.29 is 19.7 Å². The van der Waals surface area contributed by atoms with Gasteiger partial charge in [0.1, 0.15) is 6.61 Å². The summed E-state index contributed by atoms with van der Waals surface area (Å²) in [6.45, 7) is 14.0. The van der Waals surface area contributed by atoms with Gasteiger partial charge in [-0.05, 0) is 23.7 Å². The van der Waals surface area contributed by atoms with Gasteiger partial charge in [0.05, 0.1) is 12.6 Å². The number of carbonyl (C=O) groups excluding carboxylic acids is 1. The van der Waals surface area contributed by atoms with Crippen molar-refractivity contribution in [1.29, 1.82) is 0 Å². The van der Waals surface area contributed by atoms with E-state index in [-0.39, 0.29) is 23.5 Å². The van der Waals surface area contributed by atoms with Crippen molar-refractivity contribution in [3.8, 4) is 0 Å². The Labute approximate surface area is 122 Å². The lowest BCUT2D eigenvalue weighted by Gasteiger charge is -2.30. The maximum absolute atomic E-state index is 11.8. The van der Waals surface area contributed by atoms with E-state index in [1.165, 1.54) is 0 Å². The first kappa shape index (κ1) is 18.9. The molecule has 0 bridgehead atoms. The largest absolute Gasteiger partial charge is 0.449 e. The van der Waals surface area contributed by atoms with Crippen molar-refractivity contribution in [2.24, 2.45) is 10.8 Å². The molecule has 1 amide bonds. The maximum Gasteiger partial charge on any atom is 0.407 e. The summed E-state index contributed by atoms with van der Waals surface area (Å²) in [6.07, 6.45) is 3.16. The Kier molecular flexibility index (Phi) is 7.83. The highest BCUT2D eigenvalue weighted by atomic mass is 17.1. The molecule has 0 radical (unpaired) electrons. The highest BCUT2D eigenvalue weighted by Crippen LogP contribution is 2.23. The van der Waals surface area contributed by atoms with Gasteiger partial charge in [-0.2, -0.15) is 0 Å². The van der Waals surface area contributed by atoms with Crippen LogP contribution in [0.2, 0.25) is 0 Å². The molecule has 0 aromatic carbocycles. The average molecular weight is 287 g/mol. The summed E-state index contributed by atoms with van der Waals surface area (Å²) < 4.78 is 5.25. The van der Waals surface area contributed by atoms with Crippen LogP contribution < -0.4 is 5.32 Å². The minimum atomic E-state index is -0.492. The monoisotopic (exact) mass is 287 g/mol. The van der Waals surface area contributed by atoms with Crippen molar-refractivity contribution >= 4 is 6.09 Å². The summed E-state index contributed by atoms with van der Waals surface area (Å²) in [7, 11) is 0. The quantitative estimate of drug-likeness (QED) is 0.406. The molecule has 0 aliphatic carbocycles. The Bertz CT molecular complexity index is 307. The number of ether oxygens (including phenoxy) is 1. The fourth-order valence-electron chi connectivity index (χ4n) is 1.59. The van der Waals surface area contributed by atoms with Gasteiger partial charge in [-0.25, -0.2) is 9.68 Å². The number of alkyl carbamates (subject to hydrolysis) is 1. The van der Waals surface area contributed by atoms with Crippen molar-refractivity contribution in [1.82, 2.24) is 5.32 Å². The number of rotatable bonds is 8. The third kappa shape index (κ3) is 8.17. The molecule has 0 fully saturated rings. The Morgan fingerprint density at radius 1 is 1.35 bits per heavy atom. The third-order valence-corrected chi connectivity index (χ3v) is 3.20. The molecular formula is C15H29NO4. The molecule has 5 heteroatoms. The van der Waals surface area contributed by atoms with Crippen LogP contribution in [0.15, 0.2) is 12.7 Å². The number of amides is 1. The van der Waals surface area contributed by atoms with Crippen LogP contribution in [0.4, 0.5) is 4.79 Å². The number of allylic oxidation sites excluding steroid dienone is 1. The zero-order chi connectivity index (χ0) is 15.8. The van der Waals surface area contributed by atoms with Crippen molar-refractivity contribution in [2.45, 2.75) is 53.5 Å². The zero-order valence-electron chi connectivity index (χ0n) is 13.4. The molecule has 0 rings (SSSR count). The fourth-order valence-corrected chi connectivity index (χ4v) is 1.59. The summed E-state index contributed by atoms with van der Waals surface area (Å²) in [5.74, 6) is 0. The summed E-state index contributed by atoms with van der Waals surface area (Å²) in [5.41, 5.74) is -0.323. The van der Waals surface area contributed by atoms with E-state index >= 15 is 0 Å². The first-order valence-corrected chi connectivity index (χ1v) is 6.93. The van der Waals surface area contributed by atoms with Gasteiger partial charge >= 0.3 is 6.09 Å². The molecule has 0 aliphatic rings. The average Bonchev–Trinajstić information content (AvgIpc) is 2.32. The topological polar surface area (TPSA) is 67.8 Å². The van der Waals surface area contributed by atoms with E-state index in [1.807, 2.05) is 40.7 Å². The molecule has 2 N–H and O–H groups in total. The van der Waals surface area contributed by atoms with Crippen molar-refractivity contribution in [3.05, 3.63) is 12.7 Å². The van der Waals surface area contributed by atoms with Crippen molar-refractivity contribution in [3.63, 3.8) is 0 Å². The van der Waals surface area contributed by atoms with E-state index in [0.29, 0.717) is 6.61 Å². The Hall–Kier alpha value is -1.07. The molecule has 20 heavy (non-hydrogen) atoms. The molecular weight excluding hydrogens is 258 g/mol. The second-order valence-electron chi connectivity index (χ2n) is 6.93. The normalized spacial score (nSPS) is 13.7. The first-order chi connectivity index (χ1) is 9.12. The van der Waals surface area contributed by atoms with Gasteiger partial charge in [0.15, 0.2) is 0 Å². The van der Waals surface area contributed by atoms with Crippen LogP contribution in [0.3, 0.4) is 0 Å². The predicted molar refractivity (Wildman–Crippen MR) is 79.5 cm³/mol. The second kappa shape index (κ2) is 8.27. The molecule has 0 spiro atoms. The van der Waals surface area contributed by atoms with Gasteiger partial charge in [0, 0.05) is 0 Å².